The summed E-state index contributed by atoms with van der Waals surface area (Å²) in [5.74, 6) is 1.72. The Labute approximate surface area is 187 Å². The van der Waals surface area contributed by atoms with Gasteiger partial charge < -0.3 is 19.9 Å². The van der Waals surface area contributed by atoms with Gasteiger partial charge in [0.05, 0.1) is 12.0 Å². The van der Waals surface area contributed by atoms with E-state index in [9.17, 15) is 9.59 Å². The maximum Gasteiger partial charge on any atom is 0.321 e. The fourth-order valence-electron chi connectivity index (χ4n) is 4.28. The summed E-state index contributed by atoms with van der Waals surface area (Å²) in [5.41, 5.74) is 3.86. The van der Waals surface area contributed by atoms with Gasteiger partial charge in [0.1, 0.15) is 5.75 Å². The number of likely N-dealkylation sites (tertiary alicyclic amines) is 1. The largest absolute Gasteiger partial charge is 0.497 e. The molecule has 2 heterocycles. The van der Waals surface area contributed by atoms with Crippen molar-refractivity contribution in [1.82, 2.24) is 9.80 Å². The minimum Gasteiger partial charge on any atom is -0.497 e. The third-order valence-corrected chi connectivity index (χ3v) is 7.90. The van der Waals surface area contributed by atoms with Crippen molar-refractivity contribution in [3.05, 3.63) is 59.2 Å². The molecule has 2 aliphatic heterocycles. The normalized spacial score (nSPS) is 17.6. The summed E-state index contributed by atoms with van der Waals surface area (Å²) >= 11 is 1.85. The number of rotatable bonds is 3. The Morgan fingerprint density at radius 1 is 1.00 bits per heavy atom. The van der Waals surface area contributed by atoms with Gasteiger partial charge in [0.15, 0.2) is 0 Å². The second-order valence-corrected chi connectivity index (χ2v) is 9.65. The summed E-state index contributed by atoms with van der Waals surface area (Å²) in [4.78, 5) is 29.6. The van der Waals surface area contributed by atoms with E-state index in [4.69, 9.17) is 4.74 Å². The number of amides is 3. The molecule has 0 radical (unpaired) electrons. The van der Waals surface area contributed by atoms with E-state index in [0.717, 1.165) is 42.1 Å². The molecule has 1 spiro atoms. The smallest absolute Gasteiger partial charge is 0.321 e. The van der Waals surface area contributed by atoms with Crippen LogP contribution in [0.15, 0.2) is 42.5 Å². The predicted molar refractivity (Wildman–Crippen MR) is 125 cm³/mol. The zero-order valence-electron chi connectivity index (χ0n) is 18.3. The van der Waals surface area contributed by atoms with Crippen LogP contribution < -0.4 is 10.1 Å². The highest BCUT2D eigenvalue weighted by Crippen LogP contribution is 2.44. The molecule has 3 amide bonds. The number of piperidine rings is 1. The maximum atomic E-state index is 13.2. The number of hydrogen-bond acceptors (Lipinski definition) is 4. The molecule has 2 fully saturated rings. The number of carbonyl (C=O) groups is 2. The summed E-state index contributed by atoms with van der Waals surface area (Å²) in [6, 6.07) is 13.2. The molecular weight excluding hydrogens is 410 g/mol. The quantitative estimate of drug-likeness (QED) is 0.764. The summed E-state index contributed by atoms with van der Waals surface area (Å²) in [5, 5.41) is 3.02. The average Bonchev–Trinajstić information content (AvgIpc) is 3.19. The number of nitrogens with zero attached hydrogens (tertiary/aromatic N) is 2. The number of anilines is 1. The van der Waals surface area contributed by atoms with Crippen LogP contribution in [-0.4, -0.2) is 59.1 Å². The van der Waals surface area contributed by atoms with Gasteiger partial charge in [-0.3, -0.25) is 4.79 Å². The van der Waals surface area contributed by atoms with Crippen LogP contribution in [0.5, 0.6) is 5.75 Å². The zero-order valence-corrected chi connectivity index (χ0v) is 19.1. The first-order valence-corrected chi connectivity index (χ1v) is 11.6. The average molecular weight is 440 g/mol. The fraction of sp³-hybridized carbons (Fsp3) is 0.417. The Balaban J connectivity index is 1.40. The topological polar surface area (TPSA) is 61.9 Å². The van der Waals surface area contributed by atoms with Crippen LogP contribution in [0, 0.1) is 13.8 Å². The molecule has 2 aromatic rings. The third-order valence-electron chi connectivity index (χ3n) is 6.35. The van der Waals surface area contributed by atoms with Gasteiger partial charge in [-0.2, -0.15) is 0 Å². The number of ether oxygens (including phenoxy) is 1. The van der Waals surface area contributed by atoms with Crippen molar-refractivity contribution in [1.29, 1.82) is 0 Å². The Hall–Kier alpha value is -2.67. The second-order valence-electron chi connectivity index (χ2n) is 8.20. The Morgan fingerprint density at radius 3 is 2.35 bits per heavy atom. The Bertz CT molecular complexity index is 969. The van der Waals surface area contributed by atoms with Crippen molar-refractivity contribution < 1.29 is 14.3 Å². The van der Waals surface area contributed by atoms with E-state index >= 15 is 0 Å². The first kappa shape index (κ1) is 21.6. The van der Waals surface area contributed by atoms with Gasteiger partial charge in [0.25, 0.3) is 5.91 Å². The van der Waals surface area contributed by atoms with E-state index in [1.807, 2.05) is 71.0 Å². The van der Waals surface area contributed by atoms with Crippen molar-refractivity contribution in [2.75, 3.05) is 37.8 Å². The van der Waals surface area contributed by atoms with E-state index in [0.29, 0.717) is 18.7 Å². The van der Waals surface area contributed by atoms with E-state index in [-0.39, 0.29) is 16.8 Å². The van der Waals surface area contributed by atoms with E-state index < -0.39 is 0 Å². The Morgan fingerprint density at radius 2 is 1.71 bits per heavy atom. The minimum absolute atomic E-state index is 0.0562. The number of urea groups is 1. The van der Waals surface area contributed by atoms with Crippen molar-refractivity contribution in [3.8, 4) is 5.75 Å². The zero-order chi connectivity index (χ0) is 22.0. The lowest BCUT2D eigenvalue weighted by molar-refractivity contribution is 0.0585. The number of thioether (sulfide) groups is 1. The highest BCUT2D eigenvalue weighted by molar-refractivity contribution is 8.00. The van der Waals surface area contributed by atoms with Crippen LogP contribution >= 0.6 is 11.8 Å². The molecule has 0 atom stereocenters. The van der Waals surface area contributed by atoms with Crippen molar-refractivity contribution in [2.45, 2.75) is 31.6 Å². The molecule has 0 saturated carbocycles. The molecule has 164 valence electrons. The van der Waals surface area contributed by atoms with Crippen LogP contribution in [0.1, 0.15) is 34.3 Å². The first-order chi connectivity index (χ1) is 14.9. The maximum absolute atomic E-state index is 13.2. The van der Waals surface area contributed by atoms with Gasteiger partial charge in [-0.25, -0.2) is 4.79 Å². The monoisotopic (exact) mass is 439 g/mol. The third kappa shape index (κ3) is 4.37. The predicted octanol–water partition coefficient (Wildman–Crippen LogP) is 4.53. The molecule has 31 heavy (non-hydrogen) atoms. The molecule has 0 unspecified atom stereocenters. The molecule has 1 N–H and O–H groups in total. The van der Waals surface area contributed by atoms with Gasteiger partial charge in [-0.05, 0) is 74.2 Å². The lowest BCUT2D eigenvalue weighted by Gasteiger charge is -2.44. The standard InChI is InChI=1S/C24H29N3O3S/c1-17-4-7-20(16-18(17)2)25-23(29)26-12-10-24(11-13-26)27(14-15-31-24)22(28)19-5-8-21(30-3)9-6-19/h4-9,16H,10-15H2,1-3H3,(H,25,29). The van der Waals surface area contributed by atoms with Gasteiger partial charge in [0.2, 0.25) is 0 Å². The lowest BCUT2D eigenvalue weighted by atomic mass is 10.0. The number of carbonyl (C=O) groups excluding carboxylic acids is 2. The van der Waals surface area contributed by atoms with Crippen LogP contribution in [0.25, 0.3) is 0 Å². The summed E-state index contributed by atoms with van der Waals surface area (Å²) in [7, 11) is 1.62. The van der Waals surface area contributed by atoms with E-state index in [1.165, 1.54) is 5.56 Å². The van der Waals surface area contributed by atoms with Gasteiger partial charge >= 0.3 is 6.03 Å². The van der Waals surface area contributed by atoms with Crippen LogP contribution in [-0.2, 0) is 0 Å². The summed E-state index contributed by atoms with van der Waals surface area (Å²) in [6.45, 7) is 6.11. The fourth-order valence-corrected chi connectivity index (χ4v) is 5.73. The van der Waals surface area contributed by atoms with E-state index in [1.54, 1.807) is 7.11 Å². The molecule has 6 nitrogen and oxygen atoms in total. The molecule has 2 saturated heterocycles. The van der Waals surface area contributed by atoms with Gasteiger partial charge in [-0.15, -0.1) is 11.8 Å². The molecule has 0 aliphatic carbocycles. The highest BCUT2D eigenvalue weighted by Gasteiger charge is 2.47. The van der Waals surface area contributed by atoms with Crippen LogP contribution in [0.2, 0.25) is 0 Å². The van der Waals surface area contributed by atoms with Gasteiger partial charge in [0, 0.05) is 36.6 Å². The lowest BCUT2D eigenvalue weighted by Crippen LogP contribution is -2.54. The van der Waals surface area contributed by atoms with E-state index in [2.05, 4.69) is 12.2 Å². The molecule has 2 aromatic carbocycles. The first-order valence-electron chi connectivity index (χ1n) is 10.6. The number of methoxy groups -OCH3 is 1. The summed E-state index contributed by atoms with van der Waals surface area (Å²) in [6.07, 6.45) is 1.56. The van der Waals surface area contributed by atoms with Crippen molar-refractivity contribution in [3.63, 3.8) is 0 Å². The van der Waals surface area contributed by atoms with Crippen LogP contribution in [0.3, 0.4) is 0 Å². The van der Waals surface area contributed by atoms with Crippen LogP contribution in [0.4, 0.5) is 10.5 Å². The molecule has 4 rings (SSSR count). The Kier molecular flexibility index (Phi) is 6.14. The van der Waals surface area contributed by atoms with Gasteiger partial charge in [-0.1, -0.05) is 6.07 Å². The molecule has 7 heteroatoms. The molecule has 0 aromatic heterocycles. The molecule has 2 aliphatic rings. The van der Waals surface area contributed by atoms with Crippen molar-refractivity contribution >= 4 is 29.4 Å². The number of hydrogen-bond donors (Lipinski definition) is 1. The van der Waals surface area contributed by atoms with Crippen molar-refractivity contribution in [2.24, 2.45) is 0 Å². The number of nitrogens with one attached hydrogen (secondary N) is 1. The minimum atomic E-state index is -0.228. The summed E-state index contributed by atoms with van der Waals surface area (Å²) < 4.78 is 5.20. The molecule has 0 bridgehead atoms. The highest BCUT2D eigenvalue weighted by atomic mass is 32.2. The second kappa shape index (κ2) is 8.83. The SMILES string of the molecule is COc1ccc(C(=O)N2CCSC23CCN(C(=O)Nc2ccc(C)c(C)c2)CC3)cc1. The number of aryl methyl sites for hydroxylation is 2. The molecular formula is C24H29N3O3S. The number of benzene rings is 2.